The van der Waals surface area contributed by atoms with E-state index in [1.54, 1.807) is 35.5 Å². The van der Waals surface area contributed by atoms with Crippen molar-refractivity contribution in [2.75, 3.05) is 45.7 Å². The van der Waals surface area contributed by atoms with E-state index in [4.69, 9.17) is 4.74 Å². The molecule has 0 bridgehead atoms. The zero-order valence-electron chi connectivity index (χ0n) is 19.6. The maximum Gasteiger partial charge on any atom is 0.168 e. The number of piperazine rings is 1. The predicted octanol–water partition coefficient (Wildman–Crippen LogP) is 3.96. The fourth-order valence-corrected chi connectivity index (χ4v) is 6.52. The van der Waals surface area contributed by atoms with Crippen LogP contribution < -0.4 is 10.1 Å². The van der Waals surface area contributed by atoms with Crippen LogP contribution in [0.25, 0.3) is 15.7 Å². The number of hydrogen-bond donors (Lipinski definition) is 1. The number of thiophene rings is 1. The van der Waals surface area contributed by atoms with Crippen molar-refractivity contribution in [3.63, 3.8) is 0 Å². The number of pyridine rings is 1. The summed E-state index contributed by atoms with van der Waals surface area (Å²) in [6.07, 6.45) is 8.52. The molecule has 0 spiro atoms. The minimum Gasteiger partial charge on any atom is -0.492 e. The number of aromatic nitrogens is 4. The molecule has 34 heavy (non-hydrogen) atoms. The van der Waals surface area contributed by atoms with E-state index in [9.17, 15) is 0 Å². The molecule has 5 heterocycles. The smallest absolute Gasteiger partial charge is 0.168 e. The van der Waals surface area contributed by atoms with Gasteiger partial charge in [-0.3, -0.25) is 0 Å². The zero-order chi connectivity index (χ0) is 23.2. The van der Waals surface area contributed by atoms with Gasteiger partial charge < -0.3 is 19.9 Å². The monoisotopic (exact) mass is 475 g/mol. The third-order valence-electron chi connectivity index (χ3n) is 7.21. The van der Waals surface area contributed by atoms with E-state index in [-0.39, 0.29) is 0 Å². The Morgan fingerprint density at radius 3 is 2.88 bits per heavy atom. The molecule has 0 radical (unpaired) electrons. The number of fused-ring (bicyclic) bond motifs is 4. The SMILES string of the molecule is C=C(C1CCc2c(sc3ncnc(Nc4ccn5nccc5c4OC)c23)C1)N1CCN(C)CC1. The summed E-state index contributed by atoms with van der Waals surface area (Å²) < 4.78 is 7.52. The van der Waals surface area contributed by atoms with E-state index in [0.717, 1.165) is 78.4 Å². The summed E-state index contributed by atoms with van der Waals surface area (Å²) in [5.41, 5.74) is 4.47. The molecule has 1 fully saturated rings. The topological polar surface area (TPSA) is 70.8 Å². The van der Waals surface area contributed by atoms with Gasteiger partial charge in [0.05, 0.1) is 24.4 Å². The number of rotatable bonds is 5. The lowest BCUT2D eigenvalue weighted by Gasteiger charge is -2.39. The standard InChI is InChI=1S/C25H29N7OS/c1-16(31-12-10-30(2)11-13-31)17-4-5-18-21(14-17)34-25-22(18)24(26-15-27-25)29-19-7-9-32-20(6-8-28-32)23(19)33-3/h6-9,15,17H,1,4-5,10-14H2,2-3H3,(H,26,27,29). The lowest BCUT2D eigenvalue weighted by Crippen LogP contribution is -2.45. The maximum absolute atomic E-state index is 5.72. The molecule has 6 rings (SSSR count). The molecule has 8 nitrogen and oxygen atoms in total. The molecule has 9 heteroatoms. The lowest BCUT2D eigenvalue weighted by molar-refractivity contribution is 0.171. The number of ether oxygens (including phenoxy) is 1. The first-order valence-electron chi connectivity index (χ1n) is 11.8. The van der Waals surface area contributed by atoms with Gasteiger partial charge in [-0.25, -0.2) is 14.5 Å². The quantitative estimate of drug-likeness (QED) is 0.469. The van der Waals surface area contributed by atoms with Crippen molar-refractivity contribution in [3.05, 3.63) is 53.6 Å². The van der Waals surface area contributed by atoms with Gasteiger partial charge in [-0.05, 0) is 44.0 Å². The Morgan fingerprint density at radius 2 is 2.06 bits per heavy atom. The zero-order valence-corrected chi connectivity index (χ0v) is 20.4. The van der Waals surface area contributed by atoms with Gasteiger partial charge in [0.25, 0.3) is 0 Å². The van der Waals surface area contributed by atoms with Crippen molar-refractivity contribution in [3.8, 4) is 5.75 Å². The number of hydrogen-bond acceptors (Lipinski definition) is 8. The van der Waals surface area contributed by atoms with E-state index < -0.39 is 0 Å². The highest BCUT2D eigenvalue weighted by atomic mass is 32.1. The van der Waals surface area contributed by atoms with Crippen LogP contribution >= 0.6 is 11.3 Å². The second-order valence-corrected chi connectivity index (χ2v) is 10.3. The van der Waals surface area contributed by atoms with Crippen LogP contribution in [0.2, 0.25) is 0 Å². The first-order valence-corrected chi connectivity index (χ1v) is 12.6. The largest absolute Gasteiger partial charge is 0.492 e. The second-order valence-electron chi connectivity index (χ2n) is 9.18. The molecular weight excluding hydrogens is 446 g/mol. The van der Waals surface area contributed by atoms with Gasteiger partial charge in [-0.1, -0.05) is 6.58 Å². The molecule has 2 aliphatic rings. The number of anilines is 2. The second kappa shape index (κ2) is 8.56. The average molecular weight is 476 g/mol. The lowest BCUT2D eigenvalue weighted by atomic mass is 9.85. The Balaban J connectivity index is 1.30. The molecule has 1 atom stereocenters. The molecule has 0 saturated carbocycles. The van der Waals surface area contributed by atoms with E-state index in [0.29, 0.717) is 5.92 Å². The Bertz CT molecular complexity index is 1370. The van der Waals surface area contributed by atoms with E-state index in [1.165, 1.54) is 16.1 Å². The summed E-state index contributed by atoms with van der Waals surface area (Å²) >= 11 is 1.80. The van der Waals surface area contributed by atoms with E-state index in [2.05, 4.69) is 43.8 Å². The fraction of sp³-hybridized carbons (Fsp3) is 0.400. The summed E-state index contributed by atoms with van der Waals surface area (Å²) in [5.74, 6) is 2.08. The molecule has 1 N–H and O–H groups in total. The van der Waals surface area contributed by atoms with Crippen LogP contribution in [0.15, 0.2) is 43.1 Å². The van der Waals surface area contributed by atoms with Gasteiger partial charge in [0.1, 0.15) is 22.5 Å². The molecule has 1 aliphatic carbocycles. The van der Waals surface area contributed by atoms with Crippen LogP contribution in [-0.4, -0.2) is 69.7 Å². The highest BCUT2D eigenvalue weighted by Gasteiger charge is 2.29. The molecule has 1 saturated heterocycles. The van der Waals surface area contributed by atoms with Crippen LogP contribution in [0.5, 0.6) is 5.75 Å². The molecule has 4 aromatic heterocycles. The van der Waals surface area contributed by atoms with E-state index >= 15 is 0 Å². The van der Waals surface area contributed by atoms with Crippen LogP contribution in [-0.2, 0) is 12.8 Å². The van der Waals surface area contributed by atoms with Gasteiger partial charge >= 0.3 is 0 Å². The molecule has 176 valence electrons. The van der Waals surface area contributed by atoms with Crippen molar-refractivity contribution in [2.45, 2.75) is 19.3 Å². The molecule has 4 aromatic rings. The molecular formula is C25H29N7OS. The van der Waals surface area contributed by atoms with Crippen molar-refractivity contribution in [2.24, 2.45) is 5.92 Å². The normalized spacial score (nSPS) is 18.9. The minimum absolute atomic E-state index is 0.498. The molecule has 0 amide bonds. The Hall–Kier alpha value is -3.17. The van der Waals surface area contributed by atoms with Gasteiger partial charge in [-0.15, -0.1) is 11.3 Å². The average Bonchev–Trinajstić information content (AvgIpc) is 3.48. The first-order chi connectivity index (χ1) is 16.6. The Labute approximate surface area is 202 Å². The van der Waals surface area contributed by atoms with Crippen molar-refractivity contribution in [1.82, 2.24) is 29.4 Å². The van der Waals surface area contributed by atoms with Crippen LogP contribution in [0, 0.1) is 5.92 Å². The van der Waals surface area contributed by atoms with Crippen molar-refractivity contribution in [1.29, 1.82) is 0 Å². The number of nitrogens with zero attached hydrogens (tertiary/aromatic N) is 6. The predicted molar refractivity (Wildman–Crippen MR) is 136 cm³/mol. The molecule has 1 aliphatic heterocycles. The van der Waals surface area contributed by atoms with Crippen molar-refractivity contribution < 1.29 is 4.74 Å². The highest BCUT2D eigenvalue weighted by molar-refractivity contribution is 7.19. The van der Waals surface area contributed by atoms with Crippen LogP contribution in [0.1, 0.15) is 16.9 Å². The minimum atomic E-state index is 0.498. The summed E-state index contributed by atoms with van der Waals surface area (Å²) in [6, 6.07) is 3.92. The van der Waals surface area contributed by atoms with Crippen molar-refractivity contribution >= 4 is 38.6 Å². The third-order valence-corrected chi connectivity index (χ3v) is 8.38. The summed E-state index contributed by atoms with van der Waals surface area (Å²) in [5, 5.41) is 8.98. The number of likely N-dealkylation sites (N-methyl/N-ethyl adjacent to an activating group) is 1. The summed E-state index contributed by atoms with van der Waals surface area (Å²) in [4.78, 5) is 16.6. The van der Waals surface area contributed by atoms with Crippen LogP contribution in [0.3, 0.4) is 0 Å². The number of aryl methyl sites for hydroxylation is 1. The summed E-state index contributed by atoms with van der Waals surface area (Å²) in [6.45, 7) is 8.89. The van der Waals surface area contributed by atoms with Gasteiger partial charge in [0.2, 0.25) is 0 Å². The maximum atomic E-state index is 5.72. The molecule has 0 aromatic carbocycles. The number of allylic oxidation sites excluding steroid dienone is 1. The van der Waals surface area contributed by atoms with E-state index in [1.807, 2.05) is 18.3 Å². The number of nitrogens with one attached hydrogen (secondary N) is 1. The Kier molecular flexibility index (Phi) is 5.38. The first kappa shape index (κ1) is 21.4. The Morgan fingerprint density at radius 1 is 1.21 bits per heavy atom. The fourth-order valence-electron chi connectivity index (χ4n) is 5.25. The summed E-state index contributed by atoms with van der Waals surface area (Å²) in [7, 11) is 3.88. The van der Waals surface area contributed by atoms with Gasteiger partial charge in [0.15, 0.2) is 5.75 Å². The highest BCUT2D eigenvalue weighted by Crippen LogP contribution is 2.43. The molecule has 1 unspecified atom stereocenters. The van der Waals surface area contributed by atoms with Gasteiger partial charge in [-0.2, -0.15) is 5.10 Å². The third kappa shape index (κ3) is 3.59. The number of methoxy groups -OCH3 is 1. The van der Waals surface area contributed by atoms with Gasteiger partial charge in [0, 0.05) is 48.9 Å². The van der Waals surface area contributed by atoms with Crippen LogP contribution in [0.4, 0.5) is 11.5 Å².